The third-order valence-electron chi connectivity index (χ3n) is 1.99. The van der Waals surface area contributed by atoms with Crippen molar-refractivity contribution in [2.24, 2.45) is 0 Å². The summed E-state index contributed by atoms with van der Waals surface area (Å²) in [5.41, 5.74) is 12.0. The summed E-state index contributed by atoms with van der Waals surface area (Å²) in [6, 6.07) is 7.42. The van der Waals surface area contributed by atoms with Gasteiger partial charge in [-0.25, -0.2) is 0 Å². The van der Waals surface area contributed by atoms with E-state index in [1.54, 1.807) is 0 Å². The Bertz CT molecular complexity index is 565. The van der Waals surface area contributed by atoms with E-state index in [0.29, 0.717) is 17.3 Å². The van der Waals surface area contributed by atoms with Crippen LogP contribution in [0, 0.1) is 0 Å². The van der Waals surface area contributed by atoms with E-state index < -0.39 is 5.97 Å². The molecular formula is C12H14ClN5O2. The molecule has 2 rings (SSSR count). The van der Waals surface area contributed by atoms with Gasteiger partial charge in [-0.2, -0.15) is 15.0 Å². The van der Waals surface area contributed by atoms with E-state index in [4.69, 9.17) is 33.0 Å². The number of halogens is 1. The number of nitrogen functional groups attached to an aromatic ring is 2. The van der Waals surface area contributed by atoms with Gasteiger partial charge in [0.05, 0.1) is 0 Å². The Labute approximate surface area is 120 Å². The maximum atomic E-state index is 9.00. The lowest BCUT2D eigenvalue weighted by Gasteiger charge is -2.02. The van der Waals surface area contributed by atoms with Crippen LogP contribution in [0.4, 0.5) is 11.9 Å². The van der Waals surface area contributed by atoms with Crippen molar-refractivity contribution in [1.82, 2.24) is 15.0 Å². The Hall–Kier alpha value is -2.41. The highest BCUT2D eigenvalue weighted by atomic mass is 35.5. The Morgan fingerprint density at radius 3 is 2.05 bits per heavy atom. The van der Waals surface area contributed by atoms with E-state index in [2.05, 4.69) is 15.0 Å². The van der Waals surface area contributed by atoms with E-state index in [-0.39, 0.29) is 11.9 Å². The summed E-state index contributed by atoms with van der Waals surface area (Å²) in [4.78, 5) is 20.7. The second-order valence-corrected chi connectivity index (χ2v) is 4.23. The number of carbonyl (C=O) groups is 1. The molecule has 0 aliphatic carbocycles. The summed E-state index contributed by atoms with van der Waals surface area (Å²) in [5, 5.41) is 8.11. The molecule has 0 unspecified atom stereocenters. The minimum Gasteiger partial charge on any atom is -0.481 e. The largest absolute Gasteiger partial charge is 0.481 e. The first-order valence-electron chi connectivity index (χ1n) is 5.56. The Balaban J connectivity index is 0.000000444. The van der Waals surface area contributed by atoms with E-state index in [9.17, 15) is 0 Å². The molecule has 0 aliphatic heterocycles. The number of hydrogen-bond acceptors (Lipinski definition) is 6. The van der Waals surface area contributed by atoms with Gasteiger partial charge in [0.2, 0.25) is 11.9 Å². The van der Waals surface area contributed by atoms with E-state index >= 15 is 0 Å². The van der Waals surface area contributed by atoms with E-state index in [1.165, 1.54) is 0 Å². The first-order chi connectivity index (χ1) is 9.36. The van der Waals surface area contributed by atoms with Crippen LogP contribution in [0.2, 0.25) is 5.02 Å². The minimum atomic E-state index is -0.833. The summed E-state index contributed by atoms with van der Waals surface area (Å²) in [6.07, 6.45) is 0.550. The molecule has 1 aromatic heterocycles. The zero-order valence-corrected chi connectivity index (χ0v) is 11.5. The fourth-order valence-electron chi connectivity index (χ4n) is 1.32. The summed E-state index contributed by atoms with van der Waals surface area (Å²) >= 11 is 5.78. The molecule has 0 atom stereocenters. The lowest BCUT2D eigenvalue weighted by molar-refractivity contribution is -0.134. The smallest absolute Gasteiger partial charge is 0.300 e. The van der Waals surface area contributed by atoms with E-state index in [1.807, 2.05) is 24.3 Å². The van der Waals surface area contributed by atoms with Crippen molar-refractivity contribution in [3.8, 4) is 0 Å². The van der Waals surface area contributed by atoms with Crippen molar-refractivity contribution in [3.05, 3.63) is 40.7 Å². The van der Waals surface area contributed by atoms with Crippen molar-refractivity contribution >= 4 is 29.5 Å². The number of anilines is 2. The van der Waals surface area contributed by atoms with Gasteiger partial charge in [-0.15, -0.1) is 0 Å². The molecule has 106 valence electrons. The van der Waals surface area contributed by atoms with Gasteiger partial charge in [0.1, 0.15) is 5.82 Å². The van der Waals surface area contributed by atoms with Crippen LogP contribution in [-0.4, -0.2) is 26.0 Å². The average Bonchev–Trinajstić information content (AvgIpc) is 2.30. The van der Waals surface area contributed by atoms with Crippen LogP contribution < -0.4 is 11.5 Å². The van der Waals surface area contributed by atoms with Crippen LogP contribution in [0.3, 0.4) is 0 Å². The quantitative estimate of drug-likeness (QED) is 0.763. The Kier molecular flexibility index (Phi) is 5.67. The number of benzene rings is 1. The van der Waals surface area contributed by atoms with Gasteiger partial charge >= 0.3 is 0 Å². The van der Waals surface area contributed by atoms with Gasteiger partial charge in [-0.1, -0.05) is 23.7 Å². The predicted octanol–water partition coefficient (Wildman–Crippen LogP) is 1.37. The molecule has 0 spiro atoms. The molecule has 20 heavy (non-hydrogen) atoms. The number of aromatic nitrogens is 3. The molecule has 5 N–H and O–H groups in total. The number of nitrogens with two attached hydrogens (primary N) is 2. The maximum absolute atomic E-state index is 9.00. The molecule has 0 saturated heterocycles. The second kappa shape index (κ2) is 7.25. The van der Waals surface area contributed by atoms with Crippen molar-refractivity contribution < 1.29 is 9.90 Å². The van der Waals surface area contributed by atoms with Gasteiger partial charge in [-0.3, -0.25) is 4.79 Å². The Morgan fingerprint density at radius 2 is 1.60 bits per heavy atom. The highest BCUT2D eigenvalue weighted by Gasteiger charge is 2.03. The van der Waals surface area contributed by atoms with Crippen LogP contribution in [0.5, 0.6) is 0 Å². The fraction of sp³-hybridized carbons (Fsp3) is 0.167. The number of carboxylic acid groups (broad SMARTS) is 1. The summed E-state index contributed by atoms with van der Waals surface area (Å²) in [6.45, 7) is 1.08. The third-order valence-corrected chi connectivity index (χ3v) is 2.24. The molecule has 0 radical (unpaired) electrons. The fourth-order valence-corrected chi connectivity index (χ4v) is 1.45. The van der Waals surface area contributed by atoms with Crippen LogP contribution >= 0.6 is 11.6 Å². The van der Waals surface area contributed by atoms with Crippen LogP contribution in [-0.2, 0) is 11.2 Å². The zero-order chi connectivity index (χ0) is 15.1. The van der Waals surface area contributed by atoms with Crippen LogP contribution in [0.15, 0.2) is 24.3 Å². The molecule has 1 aromatic carbocycles. The number of hydrogen-bond donors (Lipinski definition) is 3. The van der Waals surface area contributed by atoms with Gasteiger partial charge < -0.3 is 16.6 Å². The number of carboxylic acids is 1. The molecule has 7 nitrogen and oxygen atoms in total. The predicted molar refractivity (Wildman–Crippen MR) is 76.2 cm³/mol. The number of aliphatic carboxylic acids is 1. The van der Waals surface area contributed by atoms with E-state index in [0.717, 1.165) is 12.5 Å². The highest BCUT2D eigenvalue weighted by Crippen LogP contribution is 2.12. The number of nitrogens with zero attached hydrogens (tertiary/aromatic N) is 3. The van der Waals surface area contributed by atoms with Crippen molar-refractivity contribution in [2.75, 3.05) is 11.5 Å². The molecular weight excluding hydrogens is 282 g/mol. The molecule has 0 aliphatic rings. The van der Waals surface area contributed by atoms with Crippen molar-refractivity contribution in [3.63, 3.8) is 0 Å². The molecule has 0 saturated carbocycles. The summed E-state index contributed by atoms with van der Waals surface area (Å²) in [7, 11) is 0. The zero-order valence-electron chi connectivity index (χ0n) is 10.7. The SMILES string of the molecule is CC(=O)O.Nc1nc(N)nc(Cc2ccc(Cl)cc2)n1. The number of rotatable bonds is 2. The molecule has 2 aromatic rings. The molecule has 1 heterocycles. The Morgan fingerprint density at radius 1 is 1.15 bits per heavy atom. The van der Waals surface area contributed by atoms with Gasteiger partial charge in [0.25, 0.3) is 5.97 Å². The summed E-state index contributed by atoms with van der Waals surface area (Å²) < 4.78 is 0. The highest BCUT2D eigenvalue weighted by molar-refractivity contribution is 6.30. The topological polar surface area (TPSA) is 128 Å². The minimum absolute atomic E-state index is 0.136. The molecule has 0 bridgehead atoms. The lowest BCUT2D eigenvalue weighted by Crippen LogP contribution is -2.07. The lowest BCUT2D eigenvalue weighted by atomic mass is 10.1. The maximum Gasteiger partial charge on any atom is 0.300 e. The monoisotopic (exact) mass is 295 g/mol. The van der Waals surface area contributed by atoms with Crippen molar-refractivity contribution in [1.29, 1.82) is 0 Å². The average molecular weight is 296 g/mol. The molecule has 8 heteroatoms. The molecule has 0 amide bonds. The standard InChI is InChI=1S/C10H10ClN5.C2H4O2/c11-7-3-1-6(2-4-7)5-8-14-9(12)16-10(13)15-8;1-2(3)4/h1-4H,5H2,(H4,12,13,14,15,16);1H3,(H,3,4). The normalized spacial score (nSPS) is 9.50. The van der Waals surface area contributed by atoms with Gasteiger partial charge in [0, 0.05) is 18.4 Å². The van der Waals surface area contributed by atoms with Gasteiger partial charge in [-0.05, 0) is 17.7 Å². The summed E-state index contributed by atoms with van der Waals surface area (Å²) in [5.74, 6) is -0.0137. The van der Waals surface area contributed by atoms with Crippen LogP contribution in [0.25, 0.3) is 0 Å². The van der Waals surface area contributed by atoms with Crippen molar-refractivity contribution in [2.45, 2.75) is 13.3 Å². The first-order valence-corrected chi connectivity index (χ1v) is 5.94. The van der Waals surface area contributed by atoms with Gasteiger partial charge in [0.15, 0.2) is 0 Å². The van der Waals surface area contributed by atoms with Crippen LogP contribution in [0.1, 0.15) is 18.3 Å². The third kappa shape index (κ3) is 5.96. The molecule has 0 fully saturated rings. The second-order valence-electron chi connectivity index (χ2n) is 3.79. The first kappa shape index (κ1) is 15.6.